The van der Waals surface area contributed by atoms with E-state index in [-0.39, 0.29) is 22.6 Å². The highest BCUT2D eigenvalue weighted by Crippen LogP contribution is 2.34. The molecule has 3 aromatic rings. The maximum atomic E-state index is 12.9. The number of anilines is 1. The molecule has 0 spiro atoms. The Balaban J connectivity index is 1.34. The number of morpholine rings is 1. The second-order valence-electron chi connectivity index (χ2n) is 9.11. The van der Waals surface area contributed by atoms with E-state index in [1.807, 2.05) is 12.1 Å². The van der Waals surface area contributed by atoms with Crippen molar-refractivity contribution in [2.45, 2.75) is 6.04 Å². The third kappa shape index (κ3) is 5.10. The highest BCUT2D eigenvalue weighted by atomic mass is 16.6. The minimum atomic E-state index is -0.380. The Morgan fingerprint density at radius 2 is 1.39 bits per heavy atom. The van der Waals surface area contributed by atoms with Crippen LogP contribution in [0.3, 0.4) is 0 Å². The molecule has 2 fully saturated rings. The summed E-state index contributed by atoms with van der Waals surface area (Å²) in [5, 5.41) is 12.0. The van der Waals surface area contributed by atoms with Crippen molar-refractivity contribution >= 4 is 17.3 Å². The topological polar surface area (TPSA) is 79.2 Å². The Labute approximate surface area is 210 Å². The number of carbonyl (C=O) groups excluding carboxylic acids is 1. The number of hydrogen-bond acceptors (Lipinski definition) is 6. The molecule has 0 aromatic heterocycles. The minimum Gasteiger partial charge on any atom is -0.378 e. The van der Waals surface area contributed by atoms with Gasteiger partial charge in [-0.3, -0.25) is 19.8 Å². The first-order chi connectivity index (χ1) is 17.6. The van der Waals surface area contributed by atoms with E-state index in [4.69, 9.17) is 4.74 Å². The lowest BCUT2D eigenvalue weighted by Crippen LogP contribution is -2.48. The summed E-state index contributed by atoms with van der Waals surface area (Å²) in [6, 6.07) is 25.9. The number of nitro benzene ring substituents is 1. The zero-order valence-electron chi connectivity index (χ0n) is 20.2. The Bertz CT molecular complexity index is 1150. The average molecular weight is 487 g/mol. The number of rotatable bonds is 6. The van der Waals surface area contributed by atoms with Crippen LogP contribution in [-0.4, -0.2) is 73.1 Å². The van der Waals surface area contributed by atoms with Crippen molar-refractivity contribution in [3.05, 3.63) is 106 Å². The van der Waals surface area contributed by atoms with Gasteiger partial charge >= 0.3 is 0 Å². The van der Waals surface area contributed by atoms with Gasteiger partial charge in [-0.15, -0.1) is 0 Å². The molecule has 2 aliphatic heterocycles. The molecule has 1 amide bonds. The van der Waals surface area contributed by atoms with Crippen molar-refractivity contribution in [3.8, 4) is 0 Å². The van der Waals surface area contributed by atoms with Crippen LogP contribution < -0.4 is 4.90 Å². The molecule has 2 saturated heterocycles. The van der Waals surface area contributed by atoms with E-state index < -0.39 is 0 Å². The Kier molecular flexibility index (Phi) is 7.25. The lowest BCUT2D eigenvalue weighted by molar-refractivity contribution is -0.384. The lowest BCUT2D eigenvalue weighted by Gasteiger charge is -2.40. The first kappa shape index (κ1) is 24.0. The maximum absolute atomic E-state index is 12.9. The molecular formula is C28H30N4O4. The monoisotopic (exact) mass is 486 g/mol. The molecule has 0 aliphatic carbocycles. The maximum Gasteiger partial charge on any atom is 0.293 e. The molecule has 5 rings (SSSR count). The van der Waals surface area contributed by atoms with Gasteiger partial charge < -0.3 is 14.5 Å². The van der Waals surface area contributed by atoms with Crippen molar-refractivity contribution in [1.29, 1.82) is 0 Å². The number of nitro groups is 1. The Morgan fingerprint density at radius 3 is 1.94 bits per heavy atom. The summed E-state index contributed by atoms with van der Waals surface area (Å²) in [5.41, 5.74) is 3.35. The van der Waals surface area contributed by atoms with Crippen LogP contribution in [0.5, 0.6) is 0 Å². The molecule has 8 heteroatoms. The second-order valence-corrected chi connectivity index (χ2v) is 9.11. The molecule has 0 saturated carbocycles. The van der Waals surface area contributed by atoms with Gasteiger partial charge in [0.15, 0.2) is 0 Å². The number of ether oxygens (including phenoxy) is 1. The van der Waals surface area contributed by atoms with E-state index in [1.54, 1.807) is 17.0 Å². The normalized spacial score (nSPS) is 16.8. The molecular weight excluding hydrogens is 456 g/mol. The smallest absolute Gasteiger partial charge is 0.293 e. The summed E-state index contributed by atoms with van der Waals surface area (Å²) in [6.45, 7) is 4.83. The number of hydrogen-bond donors (Lipinski definition) is 0. The van der Waals surface area contributed by atoms with E-state index in [2.05, 4.69) is 58.3 Å². The first-order valence-electron chi connectivity index (χ1n) is 12.4. The predicted molar refractivity (Wildman–Crippen MR) is 138 cm³/mol. The van der Waals surface area contributed by atoms with E-state index >= 15 is 0 Å². The van der Waals surface area contributed by atoms with E-state index in [9.17, 15) is 14.9 Å². The summed E-state index contributed by atoms with van der Waals surface area (Å²) in [5.74, 6) is -0.189. The minimum absolute atomic E-state index is 0.0229. The molecule has 0 N–H and O–H groups in total. The summed E-state index contributed by atoms with van der Waals surface area (Å²) in [4.78, 5) is 30.7. The van der Waals surface area contributed by atoms with Gasteiger partial charge in [0.2, 0.25) is 0 Å². The molecule has 2 aliphatic rings. The van der Waals surface area contributed by atoms with Gasteiger partial charge in [0.1, 0.15) is 5.69 Å². The number of piperazine rings is 1. The molecule has 3 aromatic carbocycles. The number of nitrogens with zero attached hydrogens (tertiary/aromatic N) is 4. The fraction of sp³-hybridized carbons (Fsp3) is 0.321. The SMILES string of the molecule is O=C(c1ccc(N2CCN(C(c3ccccc3)c3ccccc3)CC2)c([N+](=O)[O-])c1)N1CCOCC1. The summed E-state index contributed by atoms with van der Waals surface area (Å²) < 4.78 is 5.32. The third-order valence-electron chi connectivity index (χ3n) is 6.97. The molecule has 0 bridgehead atoms. The van der Waals surface area contributed by atoms with Crippen molar-refractivity contribution in [2.24, 2.45) is 0 Å². The van der Waals surface area contributed by atoms with Gasteiger partial charge in [-0.1, -0.05) is 60.7 Å². The van der Waals surface area contributed by atoms with Crippen LogP contribution in [0.15, 0.2) is 78.9 Å². The summed E-state index contributed by atoms with van der Waals surface area (Å²) in [7, 11) is 0. The highest BCUT2D eigenvalue weighted by Gasteiger charge is 2.30. The molecule has 8 nitrogen and oxygen atoms in total. The van der Waals surface area contributed by atoms with Crippen LogP contribution >= 0.6 is 0 Å². The van der Waals surface area contributed by atoms with Crippen LogP contribution in [-0.2, 0) is 4.74 Å². The standard InChI is InChI=1S/C28H30N4O4/c33-28(31-17-19-36-20-18-31)24-11-12-25(26(21-24)32(34)35)29-13-15-30(16-14-29)27(22-7-3-1-4-8-22)23-9-5-2-6-10-23/h1-12,21,27H,13-20H2. The second kappa shape index (κ2) is 10.9. The number of amides is 1. The number of carbonyl (C=O) groups is 1. The Morgan fingerprint density at radius 1 is 0.806 bits per heavy atom. The molecule has 186 valence electrons. The van der Waals surface area contributed by atoms with E-state index in [1.165, 1.54) is 17.2 Å². The van der Waals surface area contributed by atoms with Crippen molar-refractivity contribution < 1.29 is 14.5 Å². The predicted octanol–water partition coefficient (Wildman–Crippen LogP) is 3.98. The highest BCUT2D eigenvalue weighted by molar-refractivity contribution is 5.96. The third-order valence-corrected chi connectivity index (χ3v) is 6.97. The molecule has 0 atom stereocenters. The summed E-state index contributed by atoms with van der Waals surface area (Å²) >= 11 is 0. The molecule has 0 unspecified atom stereocenters. The fourth-order valence-electron chi connectivity index (χ4n) is 5.12. The van der Waals surface area contributed by atoms with Gasteiger partial charge in [0.25, 0.3) is 11.6 Å². The van der Waals surface area contributed by atoms with Crippen molar-refractivity contribution in [2.75, 3.05) is 57.4 Å². The molecule has 36 heavy (non-hydrogen) atoms. The zero-order chi connectivity index (χ0) is 24.9. The molecule has 2 heterocycles. The summed E-state index contributed by atoms with van der Waals surface area (Å²) in [6.07, 6.45) is 0. The van der Waals surface area contributed by atoms with E-state index in [0.29, 0.717) is 50.6 Å². The zero-order valence-corrected chi connectivity index (χ0v) is 20.2. The fourth-order valence-corrected chi connectivity index (χ4v) is 5.12. The van der Waals surface area contributed by atoms with Crippen molar-refractivity contribution in [1.82, 2.24) is 9.80 Å². The van der Waals surface area contributed by atoms with Gasteiger partial charge in [0.05, 0.1) is 24.2 Å². The van der Waals surface area contributed by atoms with Gasteiger partial charge in [-0.25, -0.2) is 0 Å². The first-order valence-corrected chi connectivity index (χ1v) is 12.4. The molecule has 0 radical (unpaired) electrons. The van der Waals surface area contributed by atoms with Crippen LogP contribution in [0, 0.1) is 10.1 Å². The average Bonchev–Trinajstić information content (AvgIpc) is 2.94. The quantitative estimate of drug-likeness (QED) is 0.387. The van der Waals surface area contributed by atoms with Crippen molar-refractivity contribution in [3.63, 3.8) is 0 Å². The van der Waals surface area contributed by atoms with Gasteiger partial charge in [0, 0.05) is 50.9 Å². The number of benzene rings is 3. The van der Waals surface area contributed by atoms with Crippen LogP contribution in [0.2, 0.25) is 0 Å². The van der Waals surface area contributed by atoms with Gasteiger partial charge in [-0.2, -0.15) is 0 Å². The largest absolute Gasteiger partial charge is 0.378 e. The van der Waals surface area contributed by atoms with Crippen LogP contribution in [0.1, 0.15) is 27.5 Å². The van der Waals surface area contributed by atoms with E-state index in [0.717, 1.165) is 13.1 Å². The lowest BCUT2D eigenvalue weighted by atomic mass is 9.96. The van der Waals surface area contributed by atoms with Gasteiger partial charge in [-0.05, 0) is 23.3 Å². The van der Waals surface area contributed by atoms with Crippen LogP contribution in [0.25, 0.3) is 0 Å². The Hall–Kier alpha value is -3.75. The van der Waals surface area contributed by atoms with Crippen LogP contribution in [0.4, 0.5) is 11.4 Å².